The third kappa shape index (κ3) is 6.15. The van der Waals surface area contributed by atoms with E-state index in [2.05, 4.69) is 10.6 Å². The van der Waals surface area contributed by atoms with Gasteiger partial charge in [0, 0.05) is 12.6 Å². The predicted molar refractivity (Wildman–Crippen MR) is 98.9 cm³/mol. The van der Waals surface area contributed by atoms with Crippen molar-refractivity contribution in [2.75, 3.05) is 18.5 Å². The number of halogens is 2. The van der Waals surface area contributed by atoms with E-state index < -0.39 is 30.1 Å². The molecule has 28 heavy (non-hydrogen) atoms. The van der Waals surface area contributed by atoms with Crippen LogP contribution in [0.5, 0.6) is 0 Å². The molecule has 0 aliphatic rings. The highest BCUT2D eigenvalue weighted by molar-refractivity contribution is 6.04. The van der Waals surface area contributed by atoms with Gasteiger partial charge in [0.15, 0.2) is 6.61 Å². The Kier molecular flexibility index (Phi) is 7.20. The van der Waals surface area contributed by atoms with E-state index in [9.17, 15) is 23.2 Å². The monoisotopic (exact) mass is 390 g/mol. The summed E-state index contributed by atoms with van der Waals surface area (Å²) in [4.78, 5) is 36.1. The summed E-state index contributed by atoms with van der Waals surface area (Å²) in [5.41, 5.74) is 0.162. The number of amides is 2. The lowest BCUT2D eigenvalue weighted by Gasteiger charge is -2.12. The molecule has 0 bridgehead atoms. The van der Waals surface area contributed by atoms with Crippen molar-refractivity contribution >= 4 is 23.5 Å². The van der Waals surface area contributed by atoms with Gasteiger partial charge in [0.05, 0.1) is 16.8 Å². The predicted octanol–water partition coefficient (Wildman–Crippen LogP) is 3.15. The van der Waals surface area contributed by atoms with Gasteiger partial charge >= 0.3 is 5.97 Å². The van der Waals surface area contributed by atoms with Crippen LogP contribution in [0.4, 0.5) is 14.5 Å². The van der Waals surface area contributed by atoms with Gasteiger partial charge in [-0.25, -0.2) is 13.6 Å². The molecule has 6 nitrogen and oxygen atoms in total. The van der Waals surface area contributed by atoms with Crippen LogP contribution in [0.1, 0.15) is 34.6 Å². The molecule has 2 aromatic carbocycles. The maximum Gasteiger partial charge on any atom is 0.338 e. The number of ether oxygens (including phenoxy) is 1. The number of benzene rings is 2. The second kappa shape index (κ2) is 9.59. The van der Waals surface area contributed by atoms with Gasteiger partial charge in [-0.1, -0.05) is 26.0 Å². The zero-order valence-corrected chi connectivity index (χ0v) is 15.4. The Labute approximate surface area is 160 Å². The minimum Gasteiger partial charge on any atom is -0.452 e. The van der Waals surface area contributed by atoms with Gasteiger partial charge in [-0.15, -0.1) is 0 Å². The number of esters is 1. The molecule has 0 unspecified atom stereocenters. The summed E-state index contributed by atoms with van der Waals surface area (Å²) >= 11 is 0. The number of anilines is 1. The zero-order chi connectivity index (χ0) is 20.7. The molecule has 0 spiro atoms. The van der Waals surface area contributed by atoms with Crippen molar-refractivity contribution in [3.63, 3.8) is 0 Å². The summed E-state index contributed by atoms with van der Waals surface area (Å²) in [6.07, 6.45) is 0. The lowest BCUT2D eigenvalue weighted by Crippen LogP contribution is -2.29. The van der Waals surface area contributed by atoms with Crippen molar-refractivity contribution in [1.82, 2.24) is 5.32 Å². The van der Waals surface area contributed by atoms with E-state index in [0.717, 1.165) is 12.1 Å². The number of hydrogen-bond acceptors (Lipinski definition) is 4. The first kappa shape index (κ1) is 21.0. The molecular formula is C20H20F2N2O4. The molecule has 0 fully saturated rings. The molecular weight excluding hydrogens is 370 g/mol. The van der Waals surface area contributed by atoms with Crippen molar-refractivity contribution < 1.29 is 27.9 Å². The fraction of sp³-hybridized carbons (Fsp3) is 0.250. The second-order valence-electron chi connectivity index (χ2n) is 6.43. The maximum absolute atomic E-state index is 13.1. The van der Waals surface area contributed by atoms with Crippen molar-refractivity contribution in [2.45, 2.75) is 13.8 Å². The van der Waals surface area contributed by atoms with Crippen molar-refractivity contribution in [3.8, 4) is 0 Å². The first-order valence-electron chi connectivity index (χ1n) is 8.56. The third-order valence-electron chi connectivity index (χ3n) is 3.55. The largest absolute Gasteiger partial charge is 0.452 e. The number of rotatable bonds is 7. The molecule has 0 aliphatic heterocycles. The minimum atomic E-state index is -1.04. The Morgan fingerprint density at radius 1 is 1.04 bits per heavy atom. The smallest absolute Gasteiger partial charge is 0.338 e. The van der Waals surface area contributed by atoms with Crippen LogP contribution in [-0.4, -0.2) is 30.9 Å². The van der Waals surface area contributed by atoms with Gasteiger partial charge in [0.25, 0.3) is 11.8 Å². The van der Waals surface area contributed by atoms with Crippen LogP contribution in [0.15, 0.2) is 42.5 Å². The van der Waals surface area contributed by atoms with E-state index in [-0.39, 0.29) is 28.6 Å². The van der Waals surface area contributed by atoms with Crippen LogP contribution in [0.25, 0.3) is 0 Å². The summed E-state index contributed by atoms with van der Waals surface area (Å²) in [5.74, 6) is -3.70. The molecule has 8 heteroatoms. The average molecular weight is 390 g/mol. The van der Waals surface area contributed by atoms with Gasteiger partial charge in [-0.2, -0.15) is 0 Å². The number of hydrogen-bond donors (Lipinski definition) is 2. The Hall–Kier alpha value is -3.29. The fourth-order valence-corrected chi connectivity index (χ4v) is 2.25. The molecule has 2 N–H and O–H groups in total. The van der Waals surface area contributed by atoms with Gasteiger partial charge in [-0.3, -0.25) is 9.59 Å². The van der Waals surface area contributed by atoms with E-state index in [1.165, 1.54) is 6.07 Å². The van der Waals surface area contributed by atoms with Crippen LogP contribution in [-0.2, 0) is 9.53 Å². The molecule has 0 atom stereocenters. The van der Waals surface area contributed by atoms with Crippen molar-refractivity contribution in [1.29, 1.82) is 0 Å². The van der Waals surface area contributed by atoms with E-state index >= 15 is 0 Å². The zero-order valence-electron chi connectivity index (χ0n) is 15.4. The van der Waals surface area contributed by atoms with E-state index in [0.29, 0.717) is 12.6 Å². The van der Waals surface area contributed by atoms with Crippen LogP contribution < -0.4 is 10.6 Å². The molecule has 0 aromatic heterocycles. The molecule has 2 rings (SSSR count). The summed E-state index contributed by atoms with van der Waals surface area (Å²) in [6, 6.07) is 8.59. The van der Waals surface area contributed by atoms with E-state index in [4.69, 9.17) is 4.74 Å². The molecule has 0 radical (unpaired) electrons. The maximum atomic E-state index is 13.1. The van der Waals surface area contributed by atoms with Gasteiger partial charge in [0.2, 0.25) is 0 Å². The Bertz CT molecular complexity index is 864. The summed E-state index contributed by atoms with van der Waals surface area (Å²) in [6.45, 7) is 3.70. The van der Waals surface area contributed by atoms with Crippen LogP contribution in [0.2, 0.25) is 0 Å². The Morgan fingerprint density at radius 3 is 2.32 bits per heavy atom. The first-order valence-corrected chi connectivity index (χ1v) is 8.56. The molecule has 0 aliphatic carbocycles. The Balaban J connectivity index is 1.98. The number of carbonyl (C=O) groups is 3. The number of para-hydroxylation sites is 1. The first-order chi connectivity index (χ1) is 13.3. The van der Waals surface area contributed by atoms with Crippen molar-refractivity contribution in [3.05, 3.63) is 65.2 Å². The normalized spacial score (nSPS) is 10.5. The Morgan fingerprint density at radius 2 is 1.68 bits per heavy atom. The summed E-state index contributed by atoms with van der Waals surface area (Å²) < 4.78 is 31.1. The average Bonchev–Trinajstić information content (AvgIpc) is 2.63. The molecule has 148 valence electrons. The van der Waals surface area contributed by atoms with Crippen molar-refractivity contribution in [2.24, 2.45) is 5.92 Å². The highest BCUT2D eigenvalue weighted by atomic mass is 19.1. The standard InChI is InChI=1S/C20H20F2N2O4/c1-12(2)10-23-19(26)16-5-3-4-6-17(16)24-18(25)11-28-20(27)13-7-14(21)9-15(22)8-13/h3-9,12H,10-11H2,1-2H3,(H,23,26)(H,24,25). The van der Waals surface area contributed by atoms with Crippen LogP contribution in [0, 0.1) is 17.6 Å². The summed E-state index contributed by atoms with van der Waals surface area (Å²) in [7, 11) is 0. The van der Waals surface area contributed by atoms with Gasteiger partial charge in [-0.05, 0) is 30.2 Å². The quantitative estimate of drug-likeness (QED) is 0.712. The fourth-order valence-electron chi connectivity index (χ4n) is 2.25. The summed E-state index contributed by atoms with van der Waals surface area (Å²) in [5, 5.41) is 5.23. The molecule has 2 aromatic rings. The molecule has 2 amide bonds. The van der Waals surface area contributed by atoms with E-state index in [1.54, 1.807) is 18.2 Å². The van der Waals surface area contributed by atoms with E-state index in [1.807, 2.05) is 13.8 Å². The lowest BCUT2D eigenvalue weighted by molar-refractivity contribution is -0.119. The van der Waals surface area contributed by atoms with Crippen LogP contribution in [0.3, 0.4) is 0 Å². The SMILES string of the molecule is CC(C)CNC(=O)c1ccccc1NC(=O)COC(=O)c1cc(F)cc(F)c1. The third-order valence-corrected chi connectivity index (χ3v) is 3.55. The molecule has 0 heterocycles. The van der Waals surface area contributed by atoms with Gasteiger partial charge in [0.1, 0.15) is 11.6 Å². The number of nitrogens with one attached hydrogen (secondary N) is 2. The minimum absolute atomic E-state index is 0.251. The number of carbonyl (C=O) groups excluding carboxylic acids is 3. The highest BCUT2D eigenvalue weighted by Crippen LogP contribution is 2.15. The molecule has 0 saturated heterocycles. The van der Waals surface area contributed by atoms with Gasteiger partial charge < -0.3 is 15.4 Å². The topological polar surface area (TPSA) is 84.5 Å². The lowest BCUT2D eigenvalue weighted by atomic mass is 10.1. The molecule has 0 saturated carbocycles. The van der Waals surface area contributed by atoms with Crippen LogP contribution >= 0.6 is 0 Å². The second-order valence-corrected chi connectivity index (χ2v) is 6.43. The highest BCUT2D eigenvalue weighted by Gasteiger charge is 2.16.